The Bertz CT molecular complexity index is 380. The Labute approximate surface area is 121 Å². The molecule has 4 atom stereocenters. The summed E-state index contributed by atoms with van der Waals surface area (Å²) >= 11 is 0. The summed E-state index contributed by atoms with van der Waals surface area (Å²) in [5.74, 6) is 0.734. The smallest absolute Gasteiger partial charge is 0.227 e. The summed E-state index contributed by atoms with van der Waals surface area (Å²) in [5.41, 5.74) is 0. The average Bonchev–Trinajstić information content (AvgIpc) is 3.23. The maximum absolute atomic E-state index is 12.7. The lowest BCUT2D eigenvalue weighted by Crippen LogP contribution is -2.44. The summed E-state index contributed by atoms with van der Waals surface area (Å²) in [5, 5.41) is 3.60. The van der Waals surface area contributed by atoms with Gasteiger partial charge < -0.3 is 10.2 Å². The summed E-state index contributed by atoms with van der Waals surface area (Å²) < 4.78 is 0. The van der Waals surface area contributed by atoms with Crippen LogP contribution in [-0.2, 0) is 4.79 Å². The van der Waals surface area contributed by atoms with Crippen LogP contribution in [0.5, 0.6) is 0 Å². The fraction of sp³-hybridized carbons (Fsp3) is 0.938. The molecule has 0 aromatic rings. The minimum atomic E-state index is 0.286. The van der Waals surface area contributed by atoms with Crippen LogP contribution in [0.3, 0.4) is 0 Å². The first-order valence-electron chi connectivity index (χ1n) is 8.60. The van der Waals surface area contributed by atoms with Gasteiger partial charge in [-0.05, 0) is 51.6 Å². The van der Waals surface area contributed by atoms with E-state index in [4.69, 9.17) is 0 Å². The van der Waals surface area contributed by atoms with Crippen molar-refractivity contribution < 1.29 is 4.79 Å². The first-order chi connectivity index (χ1) is 9.81. The number of rotatable bonds is 2. The molecule has 4 nitrogen and oxygen atoms in total. The number of fused-ring (bicyclic) bond motifs is 2. The number of nitrogens with zero attached hydrogens (tertiary/aromatic N) is 2. The molecule has 4 rings (SSSR count). The van der Waals surface area contributed by atoms with Crippen molar-refractivity contribution >= 4 is 5.91 Å². The largest absolute Gasteiger partial charge is 0.341 e. The van der Waals surface area contributed by atoms with Crippen LogP contribution in [0.2, 0.25) is 0 Å². The molecular weight excluding hydrogens is 250 g/mol. The van der Waals surface area contributed by atoms with E-state index in [1.165, 1.54) is 51.6 Å². The van der Waals surface area contributed by atoms with E-state index in [1.807, 2.05) is 0 Å². The molecule has 1 N–H and O–H groups in total. The topological polar surface area (TPSA) is 35.6 Å². The van der Waals surface area contributed by atoms with Gasteiger partial charge in [-0.2, -0.15) is 0 Å². The Kier molecular flexibility index (Phi) is 3.47. The van der Waals surface area contributed by atoms with E-state index >= 15 is 0 Å². The Morgan fingerprint density at radius 1 is 1.00 bits per heavy atom. The minimum Gasteiger partial charge on any atom is -0.341 e. The van der Waals surface area contributed by atoms with Crippen molar-refractivity contribution in [2.45, 2.75) is 63.1 Å². The molecule has 4 aliphatic heterocycles. The summed E-state index contributed by atoms with van der Waals surface area (Å²) in [6.45, 7) is 4.49. The highest BCUT2D eigenvalue weighted by molar-refractivity contribution is 5.80. The van der Waals surface area contributed by atoms with Crippen LogP contribution in [-0.4, -0.2) is 60.0 Å². The molecule has 4 heterocycles. The van der Waals surface area contributed by atoms with Crippen molar-refractivity contribution in [2.75, 3.05) is 26.2 Å². The van der Waals surface area contributed by atoms with Gasteiger partial charge in [0, 0.05) is 31.2 Å². The number of piperidine rings is 1. The van der Waals surface area contributed by atoms with Gasteiger partial charge in [-0.3, -0.25) is 9.69 Å². The van der Waals surface area contributed by atoms with E-state index in [1.54, 1.807) is 0 Å². The van der Waals surface area contributed by atoms with Gasteiger partial charge in [0.25, 0.3) is 0 Å². The molecule has 2 bridgehead atoms. The molecule has 0 aromatic carbocycles. The number of carbonyl (C=O) groups is 1. The second-order valence-electron chi connectivity index (χ2n) is 7.21. The maximum atomic E-state index is 12.7. The molecule has 4 aliphatic rings. The van der Waals surface area contributed by atoms with Gasteiger partial charge in [-0.15, -0.1) is 0 Å². The first-order valence-corrected chi connectivity index (χ1v) is 8.60. The molecule has 4 saturated heterocycles. The monoisotopic (exact) mass is 277 g/mol. The van der Waals surface area contributed by atoms with Gasteiger partial charge in [0.2, 0.25) is 5.91 Å². The highest BCUT2D eigenvalue weighted by Crippen LogP contribution is 2.35. The third-order valence-electron chi connectivity index (χ3n) is 6.00. The van der Waals surface area contributed by atoms with Crippen molar-refractivity contribution in [1.29, 1.82) is 0 Å². The fourth-order valence-electron chi connectivity index (χ4n) is 4.86. The highest BCUT2D eigenvalue weighted by atomic mass is 16.2. The van der Waals surface area contributed by atoms with E-state index in [-0.39, 0.29) is 5.92 Å². The average molecular weight is 277 g/mol. The lowest BCUT2D eigenvalue weighted by Gasteiger charge is -2.32. The SMILES string of the molecule is O=C(C1CC2CCC1N2)N1CCC(N2CCCCC2)C1. The first kappa shape index (κ1) is 13.1. The van der Waals surface area contributed by atoms with E-state index in [0.717, 1.165) is 19.5 Å². The maximum Gasteiger partial charge on any atom is 0.227 e. The van der Waals surface area contributed by atoms with Crippen LogP contribution in [0.4, 0.5) is 0 Å². The van der Waals surface area contributed by atoms with E-state index in [9.17, 15) is 4.79 Å². The molecule has 112 valence electrons. The normalized spacial score (nSPS) is 41.5. The number of nitrogens with one attached hydrogen (secondary N) is 1. The van der Waals surface area contributed by atoms with Crippen molar-refractivity contribution in [3.05, 3.63) is 0 Å². The Balaban J connectivity index is 1.34. The third-order valence-corrected chi connectivity index (χ3v) is 6.00. The Morgan fingerprint density at radius 3 is 2.55 bits per heavy atom. The lowest BCUT2D eigenvalue weighted by molar-refractivity contribution is -0.135. The number of likely N-dealkylation sites (tertiary alicyclic amines) is 2. The van der Waals surface area contributed by atoms with Crippen LogP contribution in [0.15, 0.2) is 0 Å². The van der Waals surface area contributed by atoms with Gasteiger partial charge in [0.1, 0.15) is 0 Å². The quantitative estimate of drug-likeness (QED) is 0.824. The van der Waals surface area contributed by atoms with Crippen LogP contribution in [0.25, 0.3) is 0 Å². The van der Waals surface area contributed by atoms with Gasteiger partial charge in [0.05, 0.1) is 5.92 Å². The molecule has 20 heavy (non-hydrogen) atoms. The predicted octanol–water partition coefficient (Wildman–Crippen LogP) is 1.21. The Morgan fingerprint density at radius 2 is 1.85 bits per heavy atom. The van der Waals surface area contributed by atoms with Crippen LogP contribution in [0.1, 0.15) is 44.9 Å². The van der Waals surface area contributed by atoms with Gasteiger partial charge in [-0.25, -0.2) is 0 Å². The van der Waals surface area contributed by atoms with E-state index in [0.29, 0.717) is 24.0 Å². The van der Waals surface area contributed by atoms with Crippen LogP contribution < -0.4 is 5.32 Å². The summed E-state index contributed by atoms with van der Waals surface area (Å²) in [4.78, 5) is 17.5. The Hall–Kier alpha value is -0.610. The molecule has 1 amide bonds. The molecule has 0 spiro atoms. The van der Waals surface area contributed by atoms with Crippen molar-refractivity contribution in [2.24, 2.45) is 5.92 Å². The number of hydrogen-bond acceptors (Lipinski definition) is 3. The molecule has 4 unspecified atom stereocenters. The zero-order chi connectivity index (χ0) is 13.5. The standard InChI is InChI=1S/C16H27N3O/c20-16(14-10-12-4-5-15(14)17-12)19-9-6-13(11-19)18-7-2-1-3-8-18/h12-15,17H,1-11H2. The second kappa shape index (κ2) is 5.30. The molecular formula is C16H27N3O. The van der Waals surface area contributed by atoms with Gasteiger partial charge in [0.15, 0.2) is 0 Å². The van der Waals surface area contributed by atoms with Gasteiger partial charge in [-0.1, -0.05) is 6.42 Å². The van der Waals surface area contributed by atoms with Crippen LogP contribution in [0, 0.1) is 5.92 Å². The fourth-order valence-corrected chi connectivity index (χ4v) is 4.86. The number of amides is 1. The molecule has 4 heteroatoms. The lowest BCUT2D eigenvalue weighted by atomic mass is 9.88. The van der Waals surface area contributed by atoms with E-state index < -0.39 is 0 Å². The molecule has 0 saturated carbocycles. The molecule has 0 radical (unpaired) electrons. The number of carbonyl (C=O) groups excluding carboxylic acids is 1. The predicted molar refractivity (Wildman–Crippen MR) is 78.5 cm³/mol. The zero-order valence-corrected chi connectivity index (χ0v) is 12.4. The summed E-state index contributed by atoms with van der Waals surface area (Å²) in [6, 6.07) is 1.77. The van der Waals surface area contributed by atoms with Crippen molar-refractivity contribution in [1.82, 2.24) is 15.1 Å². The van der Waals surface area contributed by atoms with Crippen LogP contribution >= 0.6 is 0 Å². The highest BCUT2D eigenvalue weighted by Gasteiger charge is 2.45. The summed E-state index contributed by atoms with van der Waals surface area (Å²) in [7, 11) is 0. The zero-order valence-electron chi connectivity index (χ0n) is 12.4. The summed E-state index contributed by atoms with van der Waals surface area (Å²) in [6.07, 6.45) is 8.87. The molecule has 0 aromatic heterocycles. The third kappa shape index (κ3) is 2.27. The van der Waals surface area contributed by atoms with Crippen molar-refractivity contribution in [3.8, 4) is 0 Å². The molecule has 4 fully saturated rings. The van der Waals surface area contributed by atoms with Gasteiger partial charge >= 0.3 is 0 Å². The second-order valence-corrected chi connectivity index (χ2v) is 7.21. The van der Waals surface area contributed by atoms with E-state index in [2.05, 4.69) is 15.1 Å². The molecule has 0 aliphatic carbocycles. The van der Waals surface area contributed by atoms with Crippen molar-refractivity contribution in [3.63, 3.8) is 0 Å². The number of hydrogen-bond donors (Lipinski definition) is 1. The minimum absolute atomic E-state index is 0.286.